The van der Waals surface area contributed by atoms with Crippen LogP contribution in [0.5, 0.6) is 0 Å². The van der Waals surface area contributed by atoms with Crippen molar-refractivity contribution in [3.8, 4) is 0 Å². The second-order valence-electron chi connectivity index (χ2n) is 5.97. The highest BCUT2D eigenvalue weighted by molar-refractivity contribution is 5.95. The number of halogens is 1. The van der Waals surface area contributed by atoms with E-state index in [0.717, 1.165) is 32.3 Å². The van der Waals surface area contributed by atoms with E-state index >= 15 is 0 Å². The van der Waals surface area contributed by atoms with Crippen LogP contribution in [-0.2, 0) is 0 Å². The fraction of sp³-hybridized carbons (Fsp3) is 0.467. The highest BCUT2D eigenvalue weighted by atomic mass is 19.1. The molecular weight excluding hydrogens is 273 g/mol. The van der Waals surface area contributed by atoms with Gasteiger partial charge in [-0.1, -0.05) is 0 Å². The van der Waals surface area contributed by atoms with Crippen molar-refractivity contribution in [2.24, 2.45) is 5.92 Å². The van der Waals surface area contributed by atoms with E-state index in [1.165, 1.54) is 18.7 Å². The van der Waals surface area contributed by atoms with Gasteiger partial charge in [-0.25, -0.2) is 9.37 Å². The lowest BCUT2D eigenvalue weighted by molar-refractivity contribution is 0.0904. The highest BCUT2D eigenvalue weighted by Crippen LogP contribution is 2.27. The summed E-state index contributed by atoms with van der Waals surface area (Å²) in [5.41, 5.74) is 0.585. The molecular formula is C15H16FN3O2. The van der Waals surface area contributed by atoms with E-state index in [4.69, 9.17) is 4.42 Å². The first-order valence-corrected chi connectivity index (χ1v) is 7.25. The summed E-state index contributed by atoms with van der Waals surface area (Å²) in [7, 11) is 0. The molecule has 1 N–H and O–H groups in total. The number of nitrogens with zero attached hydrogens (tertiary/aromatic N) is 2. The predicted molar refractivity (Wildman–Crippen MR) is 74.4 cm³/mol. The minimum Gasteiger partial charge on any atom is -0.460 e. The highest BCUT2D eigenvalue weighted by Gasteiger charge is 2.33. The molecule has 1 amide bonds. The van der Waals surface area contributed by atoms with Gasteiger partial charge in [0.15, 0.2) is 11.4 Å². The zero-order valence-corrected chi connectivity index (χ0v) is 11.5. The number of amides is 1. The monoisotopic (exact) mass is 289 g/mol. The Kier molecular flexibility index (Phi) is 2.92. The molecule has 0 radical (unpaired) electrons. The molecule has 0 saturated carbocycles. The number of furan rings is 1. The van der Waals surface area contributed by atoms with Crippen LogP contribution in [0.15, 0.2) is 22.9 Å². The molecule has 110 valence electrons. The van der Waals surface area contributed by atoms with Gasteiger partial charge in [0.1, 0.15) is 12.0 Å². The Hall–Kier alpha value is -1.95. The number of pyridine rings is 1. The second kappa shape index (κ2) is 4.80. The van der Waals surface area contributed by atoms with Gasteiger partial charge < -0.3 is 14.6 Å². The van der Waals surface area contributed by atoms with Gasteiger partial charge in [0.25, 0.3) is 5.91 Å². The molecule has 2 bridgehead atoms. The standard InChI is InChI=1S/C15H16FN3O2/c16-12-8-21-14-5-17-13(4-11(12)14)15(20)18-10-3-9-1-2-19(6-9)7-10/h4-5,8-10H,1-3,6-7H2,(H,18,20). The number of hydrogen-bond acceptors (Lipinski definition) is 4. The van der Waals surface area contributed by atoms with Crippen molar-refractivity contribution in [3.63, 3.8) is 0 Å². The topological polar surface area (TPSA) is 58.4 Å². The Balaban J connectivity index is 1.52. The molecule has 2 aliphatic rings. The van der Waals surface area contributed by atoms with Crippen molar-refractivity contribution >= 4 is 16.9 Å². The average molecular weight is 289 g/mol. The van der Waals surface area contributed by atoms with E-state index in [9.17, 15) is 9.18 Å². The quantitative estimate of drug-likeness (QED) is 0.915. The van der Waals surface area contributed by atoms with Crippen LogP contribution in [0.4, 0.5) is 4.39 Å². The smallest absolute Gasteiger partial charge is 0.270 e. The summed E-state index contributed by atoms with van der Waals surface area (Å²) < 4.78 is 18.5. The maximum atomic E-state index is 13.5. The molecule has 2 fully saturated rings. The largest absolute Gasteiger partial charge is 0.460 e. The van der Waals surface area contributed by atoms with Crippen LogP contribution in [0.25, 0.3) is 11.0 Å². The molecule has 0 aliphatic carbocycles. The molecule has 5 nitrogen and oxygen atoms in total. The van der Waals surface area contributed by atoms with Crippen molar-refractivity contribution in [3.05, 3.63) is 30.0 Å². The number of piperidine rings is 1. The SMILES string of the molecule is O=C(NC1CC2CCN(C2)C1)c1cc2c(F)coc2cn1. The molecule has 4 rings (SSSR count). The molecule has 2 saturated heterocycles. The zero-order chi connectivity index (χ0) is 14.4. The molecule has 2 aromatic rings. The van der Waals surface area contributed by atoms with Crippen LogP contribution < -0.4 is 5.32 Å². The summed E-state index contributed by atoms with van der Waals surface area (Å²) >= 11 is 0. The molecule has 3 unspecified atom stereocenters. The van der Waals surface area contributed by atoms with Gasteiger partial charge >= 0.3 is 0 Å². The molecule has 6 heteroatoms. The van der Waals surface area contributed by atoms with E-state index < -0.39 is 5.82 Å². The Morgan fingerprint density at radius 2 is 2.38 bits per heavy atom. The molecule has 3 atom stereocenters. The summed E-state index contributed by atoms with van der Waals surface area (Å²) in [5.74, 6) is -0.0286. The van der Waals surface area contributed by atoms with E-state index in [1.807, 2.05) is 0 Å². The van der Waals surface area contributed by atoms with Gasteiger partial charge in [0, 0.05) is 19.1 Å². The molecule has 0 aromatic carbocycles. The van der Waals surface area contributed by atoms with Crippen molar-refractivity contribution in [1.29, 1.82) is 0 Å². The molecule has 2 aliphatic heterocycles. The third-order valence-electron chi connectivity index (χ3n) is 4.45. The number of nitrogens with one attached hydrogen (secondary N) is 1. The minimum absolute atomic E-state index is 0.158. The number of hydrogen-bond donors (Lipinski definition) is 1. The van der Waals surface area contributed by atoms with E-state index in [1.54, 1.807) is 0 Å². The van der Waals surface area contributed by atoms with E-state index in [-0.39, 0.29) is 17.6 Å². The van der Waals surface area contributed by atoms with Crippen LogP contribution in [-0.4, -0.2) is 41.5 Å². The lowest BCUT2D eigenvalue weighted by Gasteiger charge is -2.30. The fourth-order valence-corrected chi connectivity index (χ4v) is 3.45. The number of carbonyl (C=O) groups excluding carboxylic acids is 1. The molecule has 4 heterocycles. The fourth-order valence-electron chi connectivity index (χ4n) is 3.45. The Bertz CT molecular complexity index is 687. The Labute approximate surface area is 121 Å². The second-order valence-corrected chi connectivity index (χ2v) is 5.97. The van der Waals surface area contributed by atoms with Crippen molar-refractivity contribution < 1.29 is 13.6 Å². The third-order valence-corrected chi connectivity index (χ3v) is 4.45. The number of rotatable bonds is 2. The van der Waals surface area contributed by atoms with Gasteiger partial charge in [0.05, 0.1) is 11.6 Å². The molecule has 2 aromatic heterocycles. The van der Waals surface area contributed by atoms with Gasteiger partial charge in [0.2, 0.25) is 0 Å². The van der Waals surface area contributed by atoms with Crippen LogP contribution in [0.3, 0.4) is 0 Å². The van der Waals surface area contributed by atoms with Crippen molar-refractivity contribution in [2.75, 3.05) is 19.6 Å². The number of aromatic nitrogens is 1. The van der Waals surface area contributed by atoms with Crippen LogP contribution in [0, 0.1) is 11.7 Å². The van der Waals surface area contributed by atoms with E-state index in [0.29, 0.717) is 16.9 Å². The van der Waals surface area contributed by atoms with Gasteiger partial charge in [-0.15, -0.1) is 0 Å². The van der Waals surface area contributed by atoms with E-state index in [2.05, 4.69) is 15.2 Å². The number of carbonyl (C=O) groups is 1. The summed E-state index contributed by atoms with van der Waals surface area (Å²) in [5, 5.41) is 3.31. The maximum Gasteiger partial charge on any atom is 0.270 e. The summed E-state index contributed by atoms with van der Waals surface area (Å²) in [6.45, 7) is 3.17. The maximum absolute atomic E-state index is 13.5. The zero-order valence-electron chi connectivity index (χ0n) is 11.5. The van der Waals surface area contributed by atoms with Crippen LogP contribution in [0.1, 0.15) is 23.3 Å². The lowest BCUT2D eigenvalue weighted by atomic mass is 9.97. The first-order valence-electron chi connectivity index (χ1n) is 7.25. The third kappa shape index (κ3) is 2.29. The normalized spacial score (nSPS) is 28.0. The van der Waals surface area contributed by atoms with Gasteiger partial charge in [-0.05, 0) is 31.4 Å². The van der Waals surface area contributed by atoms with Crippen molar-refractivity contribution in [1.82, 2.24) is 15.2 Å². The first-order chi connectivity index (χ1) is 10.2. The Morgan fingerprint density at radius 3 is 3.24 bits per heavy atom. The summed E-state index contributed by atoms with van der Waals surface area (Å²) in [6.07, 6.45) is 4.66. The lowest BCUT2D eigenvalue weighted by Crippen LogP contribution is -2.47. The van der Waals surface area contributed by atoms with Gasteiger partial charge in [-0.3, -0.25) is 4.79 Å². The molecule has 21 heavy (non-hydrogen) atoms. The van der Waals surface area contributed by atoms with Gasteiger partial charge in [-0.2, -0.15) is 0 Å². The molecule has 0 spiro atoms. The van der Waals surface area contributed by atoms with Crippen LogP contribution >= 0.6 is 0 Å². The number of fused-ring (bicyclic) bond motifs is 3. The predicted octanol–water partition coefficient (Wildman–Crippen LogP) is 1.79. The Morgan fingerprint density at radius 1 is 1.48 bits per heavy atom. The average Bonchev–Trinajstić information content (AvgIpc) is 3.02. The van der Waals surface area contributed by atoms with Crippen LogP contribution in [0.2, 0.25) is 0 Å². The van der Waals surface area contributed by atoms with Crippen molar-refractivity contribution in [2.45, 2.75) is 18.9 Å². The summed E-state index contributed by atoms with van der Waals surface area (Å²) in [4.78, 5) is 18.7. The minimum atomic E-state index is -0.469. The summed E-state index contributed by atoms with van der Waals surface area (Å²) in [6, 6.07) is 1.60. The first kappa shape index (κ1) is 12.8.